The summed E-state index contributed by atoms with van der Waals surface area (Å²) in [4.78, 5) is 18.2. The second-order valence-corrected chi connectivity index (χ2v) is 5.77. The normalized spacial score (nSPS) is 12.4. The maximum atomic E-state index is 12.1. The van der Waals surface area contributed by atoms with Crippen LogP contribution in [0.4, 0.5) is 5.69 Å². The topological polar surface area (TPSA) is 63.7 Å². The van der Waals surface area contributed by atoms with E-state index in [0.717, 1.165) is 18.7 Å². The molecule has 0 fully saturated rings. The SMILES string of the molecule is CN(CCC(=O)Nc1ccc2c(c1)OCO2)CCc1ccncc1. The van der Waals surface area contributed by atoms with Gasteiger partial charge in [0.15, 0.2) is 11.5 Å². The molecule has 1 aliphatic heterocycles. The van der Waals surface area contributed by atoms with Crippen molar-refractivity contribution in [3.8, 4) is 11.5 Å². The Labute approximate surface area is 141 Å². The van der Waals surface area contributed by atoms with E-state index in [1.807, 2.05) is 25.2 Å². The number of hydrogen-bond donors (Lipinski definition) is 1. The molecule has 0 aliphatic carbocycles. The van der Waals surface area contributed by atoms with Crippen LogP contribution in [0.3, 0.4) is 0 Å². The predicted octanol–water partition coefficient (Wildman–Crippen LogP) is 2.31. The summed E-state index contributed by atoms with van der Waals surface area (Å²) in [6.45, 7) is 1.85. The third-order valence-corrected chi connectivity index (χ3v) is 3.91. The molecule has 24 heavy (non-hydrogen) atoms. The van der Waals surface area contributed by atoms with Gasteiger partial charge >= 0.3 is 0 Å². The summed E-state index contributed by atoms with van der Waals surface area (Å²) in [6.07, 6.45) is 4.99. The van der Waals surface area contributed by atoms with Gasteiger partial charge in [-0.1, -0.05) is 0 Å². The standard InChI is InChI=1S/C18H21N3O3/c1-21(10-6-14-4-8-19-9-5-14)11-7-18(22)20-15-2-3-16-17(12-15)24-13-23-16/h2-5,8-9,12H,6-7,10-11,13H2,1H3,(H,20,22). The Morgan fingerprint density at radius 1 is 1.17 bits per heavy atom. The van der Waals surface area contributed by atoms with Crippen LogP contribution in [0.15, 0.2) is 42.7 Å². The van der Waals surface area contributed by atoms with Crippen LogP contribution in [0.1, 0.15) is 12.0 Å². The van der Waals surface area contributed by atoms with Gasteiger partial charge in [-0.15, -0.1) is 0 Å². The number of hydrogen-bond acceptors (Lipinski definition) is 5. The summed E-state index contributed by atoms with van der Waals surface area (Å²) in [7, 11) is 2.02. The van der Waals surface area contributed by atoms with Crippen molar-refractivity contribution in [2.45, 2.75) is 12.8 Å². The molecule has 3 rings (SSSR count). The minimum atomic E-state index is -0.00961. The molecule has 1 aromatic carbocycles. The zero-order valence-electron chi connectivity index (χ0n) is 13.7. The molecular formula is C18H21N3O3. The second-order valence-electron chi connectivity index (χ2n) is 5.77. The lowest BCUT2D eigenvalue weighted by atomic mass is 10.2. The van der Waals surface area contributed by atoms with Gasteiger partial charge in [0.25, 0.3) is 0 Å². The summed E-state index contributed by atoms with van der Waals surface area (Å²) in [5.74, 6) is 1.37. The highest BCUT2D eigenvalue weighted by Gasteiger charge is 2.14. The fraction of sp³-hybridized carbons (Fsp3) is 0.333. The molecule has 0 radical (unpaired) electrons. The highest BCUT2D eigenvalue weighted by atomic mass is 16.7. The fourth-order valence-corrected chi connectivity index (χ4v) is 2.47. The van der Waals surface area contributed by atoms with Gasteiger partial charge < -0.3 is 19.7 Å². The highest BCUT2D eigenvalue weighted by molar-refractivity contribution is 5.91. The van der Waals surface area contributed by atoms with Gasteiger partial charge in [0, 0.05) is 43.7 Å². The molecule has 2 aromatic rings. The first-order valence-electron chi connectivity index (χ1n) is 7.97. The largest absolute Gasteiger partial charge is 0.454 e. The van der Waals surface area contributed by atoms with Gasteiger partial charge in [0.1, 0.15) is 0 Å². The molecule has 0 atom stereocenters. The Balaban J connectivity index is 1.40. The average Bonchev–Trinajstić information content (AvgIpc) is 3.07. The number of carbonyl (C=O) groups is 1. The molecule has 126 valence electrons. The van der Waals surface area contributed by atoms with Gasteiger partial charge in [0.05, 0.1) is 0 Å². The maximum Gasteiger partial charge on any atom is 0.231 e. The van der Waals surface area contributed by atoms with Crippen molar-refractivity contribution in [2.24, 2.45) is 0 Å². The van der Waals surface area contributed by atoms with E-state index < -0.39 is 0 Å². The van der Waals surface area contributed by atoms with Crippen LogP contribution in [0.25, 0.3) is 0 Å². The lowest BCUT2D eigenvalue weighted by molar-refractivity contribution is -0.116. The van der Waals surface area contributed by atoms with E-state index in [-0.39, 0.29) is 12.7 Å². The first-order chi connectivity index (χ1) is 11.7. The number of amides is 1. The number of carbonyl (C=O) groups excluding carboxylic acids is 1. The van der Waals surface area contributed by atoms with Crippen LogP contribution < -0.4 is 14.8 Å². The lowest BCUT2D eigenvalue weighted by Crippen LogP contribution is -2.26. The molecule has 1 aliphatic rings. The smallest absolute Gasteiger partial charge is 0.231 e. The van der Waals surface area contributed by atoms with Crippen LogP contribution in [0.2, 0.25) is 0 Å². The predicted molar refractivity (Wildman–Crippen MR) is 91.2 cm³/mol. The molecule has 0 bridgehead atoms. The number of pyridine rings is 1. The maximum absolute atomic E-state index is 12.1. The van der Waals surface area contributed by atoms with Crippen molar-refractivity contribution in [2.75, 3.05) is 32.2 Å². The van der Waals surface area contributed by atoms with Crippen molar-refractivity contribution in [1.29, 1.82) is 0 Å². The number of likely N-dealkylation sites (N-methyl/N-ethyl adjacent to an activating group) is 1. The third kappa shape index (κ3) is 4.45. The minimum Gasteiger partial charge on any atom is -0.454 e. The molecule has 0 saturated carbocycles. The van der Waals surface area contributed by atoms with Crippen molar-refractivity contribution >= 4 is 11.6 Å². The molecule has 1 aromatic heterocycles. The summed E-state index contributed by atoms with van der Waals surface area (Å²) < 4.78 is 10.6. The Morgan fingerprint density at radius 3 is 2.79 bits per heavy atom. The summed E-state index contributed by atoms with van der Waals surface area (Å²) in [5, 5.41) is 2.89. The first-order valence-corrected chi connectivity index (χ1v) is 7.97. The zero-order chi connectivity index (χ0) is 16.8. The van der Waals surface area contributed by atoms with Gasteiger partial charge in [-0.2, -0.15) is 0 Å². The van der Waals surface area contributed by atoms with E-state index >= 15 is 0 Å². The first kappa shape index (κ1) is 16.3. The Hall–Kier alpha value is -2.60. The summed E-state index contributed by atoms with van der Waals surface area (Å²) in [5.41, 5.74) is 1.98. The van der Waals surface area contributed by atoms with Gasteiger partial charge in [-0.05, 0) is 43.3 Å². The van der Waals surface area contributed by atoms with Crippen LogP contribution in [0, 0.1) is 0 Å². The number of ether oxygens (including phenoxy) is 2. The molecule has 2 heterocycles. The van der Waals surface area contributed by atoms with E-state index in [4.69, 9.17) is 9.47 Å². The molecule has 1 N–H and O–H groups in total. The average molecular weight is 327 g/mol. The monoisotopic (exact) mass is 327 g/mol. The number of rotatable bonds is 7. The molecule has 6 nitrogen and oxygen atoms in total. The lowest BCUT2D eigenvalue weighted by Gasteiger charge is -2.16. The molecule has 1 amide bonds. The number of anilines is 1. The number of aromatic nitrogens is 1. The van der Waals surface area contributed by atoms with Crippen molar-refractivity contribution < 1.29 is 14.3 Å². The Bertz CT molecular complexity index is 691. The van der Waals surface area contributed by atoms with E-state index in [1.54, 1.807) is 24.5 Å². The van der Waals surface area contributed by atoms with E-state index in [0.29, 0.717) is 24.5 Å². The Kier molecular flexibility index (Phi) is 5.28. The zero-order valence-corrected chi connectivity index (χ0v) is 13.7. The van der Waals surface area contributed by atoms with Crippen LogP contribution in [-0.2, 0) is 11.2 Å². The number of nitrogens with zero attached hydrogens (tertiary/aromatic N) is 2. The van der Waals surface area contributed by atoms with Crippen molar-refractivity contribution in [3.63, 3.8) is 0 Å². The molecule has 6 heteroatoms. The van der Waals surface area contributed by atoms with Gasteiger partial charge in [-0.3, -0.25) is 9.78 Å². The van der Waals surface area contributed by atoms with E-state index in [2.05, 4.69) is 15.2 Å². The van der Waals surface area contributed by atoms with Crippen LogP contribution in [-0.4, -0.2) is 42.7 Å². The minimum absolute atomic E-state index is 0.00961. The summed E-state index contributed by atoms with van der Waals surface area (Å²) in [6, 6.07) is 9.44. The Morgan fingerprint density at radius 2 is 1.96 bits per heavy atom. The van der Waals surface area contributed by atoms with Crippen LogP contribution in [0.5, 0.6) is 11.5 Å². The van der Waals surface area contributed by atoms with Crippen LogP contribution >= 0.6 is 0 Å². The molecule has 0 spiro atoms. The number of nitrogens with one attached hydrogen (secondary N) is 1. The molecular weight excluding hydrogens is 306 g/mol. The molecule has 0 saturated heterocycles. The number of benzene rings is 1. The third-order valence-electron chi connectivity index (χ3n) is 3.91. The highest BCUT2D eigenvalue weighted by Crippen LogP contribution is 2.34. The second kappa shape index (κ2) is 7.79. The summed E-state index contributed by atoms with van der Waals surface area (Å²) >= 11 is 0. The van der Waals surface area contributed by atoms with Crippen molar-refractivity contribution in [1.82, 2.24) is 9.88 Å². The quantitative estimate of drug-likeness (QED) is 0.845. The van der Waals surface area contributed by atoms with E-state index in [1.165, 1.54) is 5.56 Å². The number of fused-ring (bicyclic) bond motifs is 1. The van der Waals surface area contributed by atoms with Crippen molar-refractivity contribution in [3.05, 3.63) is 48.3 Å². The molecule has 0 unspecified atom stereocenters. The van der Waals surface area contributed by atoms with Gasteiger partial charge in [-0.25, -0.2) is 0 Å². The van der Waals surface area contributed by atoms with E-state index in [9.17, 15) is 4.79 Å². The van der Waals surface area contributed by atoms with Gasteiger partial charge in [0.2, 0.25) is 12.7 Å². The fourth-order valence-electron chi connectivity index (χ4n) is 2.47.